The Kier molecular flexibility index (Phi) is 5.91. The van der Waals surface area contributed by atoms with Gasteiger partial charge < -0.3 is 14.2 Å². The minimum Gasteiger partial charge on any atom is -0.497 e. The third-order valence-corrected chi connectivity index (χ3v) is 4.85. The Hall–Kier alpha value is -1.71. The van der Waals surface area contributed by atoms with Crippen LogP contribution in [0.2, 0.25) is 0 Å². The SMILES string of the molecule is COc1ccc(OC)c(C(=O)O[C@@H]2C[C@H](C)CC[C@H]2C(C)C)c1. The molecule has 1 aromatic rings. The van der Waals surface area contributed by atoms with Crippen LogP contribution >= 0.6 is 0 Å². The molecule has 1 aliphatic carbocycles. The van der Waals surface area contributed by atoms with Crippen molar-refractivity contribution in [2.24, 2.45) is 17.8 Å². The van der Waals surface area contributed by atoms with E-state index in [0.29, 0.717) is 34.8 Å². The van der Waals surface area contributed by atoms with Crippen LogP contribution in [0.4, 0.5) is 0 Å². The van der Waals surface area contributed by atoms with Gasteiger partial charge in [0, 0.05) is 0 Å². The Morgan fingerprint density at radius 1 is 1.17 bits per heavy atom. The van der Waals surface area contributed by atoms with Crippen molar-refractivity contribution in [2.75, 3.05) is 14.2 Å². The van der Waals surface area contributed by atoms with Crippen LogP contribution in [0, 0.1) is 17.8 Å². The van der Waals surface area contributed by atoms with E-state index in [4.69, 9.17) is 14.2 Å². The van der Waals surface area contributed by atoms with Gasteiger partial charge in [-0.15, -0.1) is 0 Å². The van der Waals surface area contributed by atoms with Gasteiger partial charge >= 0.3 is 5.97 Å². The predicted octanol–water partition coefficient (Wildman–Crippen LogP) is 4.32. The molecule has 0 unspecified atom stereocenters. The normalized spacial score (nSPS) is 24.3. The van der Waals surface area contributed by atoms with Crippen molar-refractivity contribution in [2.45, 2.75) is 46.1 Å². The molecule has 0 amide bonds. The molecule has 0 bridgehead atoms. The Balaban J connectivity index is 2.19. The number of ether oxygens (including phenoxy) is 3. The zero-order chi connectivity index (χ0) is 17.0. The average Bonchev–Trinajstić information content (AvgIpc) is 2.53. The summed E-state index contributed by atoms with van der Waals surface area (Å²) in [5.41, 5.74) is 0.424. The number of methoxy groups -OCH3 is 2. The maximum atomic E-state index is 12.7. The fourth-order valence-electron chi connectivity index (χ4n) is 3.42. The molecule has 1 aromatic carbocycles. The summed E-state index contributed by atoms with van der Waals surface area (Å²) in [4.78, 5) is 12.7. The number of hydrogen-bond acceptors (Lipinski definition) is 4. The lowest BCUT2D eigenvalue weighted by molar-refractivity contribution is -0.0176. The third-order valence-electron chi connectivity index (χ3n) is 4.85. The summed E-state index contributed by atoms with van der Waals surface area (Å²) in [5.74, 6) is 2.33. The topological polar surface area (TPSA) is 44.8 Å². The van der Waals surface area contributed by atoms with E-state index in [1.807, 2.05) is 0 Å². The fraction of sp³-hybridized carbons (Fsp3) is 0.632. The number of hydrogen-bond donors (Lipinski definition) is 0. The highest BCUT2D eigenvalue weighted by Crippen LogP contribution is 2.36. The summed E-state index contributed by atoms with van der Waals surface area (Å²) >= 11 is 0. The maximum Gasteiger partial charge on any atom is 0.342 e. The van der Waals surface area contributed by atoms with Gasteiger partial charge in [-0.1, -0.05) is 27.2 Å². The molecular formula is C19H28O4. The largest absolute Gasteiger partial charge is 0.497 e. The Morgan fingerprint density at radius 2 is 1.91 bits per heavy atom. The molecule has 4 heteroatoms. The number of esters is 1. The molecule has 3 atom stereocenters. The molecule has 1 fully saturated rings. The Labute approximate surface area is 139 Å². The van der Waals surface area contributed by atoms with Gasteiger partial charge in [0.25, 0.3) is 0 Å². The molecule has 23 heavy (non-hydrogen) atoms. The number of carbonyl (C=O) groups is 1. The molecule has 0 aromatic heterocycles. The van der Waals surface area contributed by atoms with Crippen molar-refractivity contribution in [1.82, 2.24) is 0 Å². The third kappa shape index (κ3) is 4.18. The van der Waals surface area contributed by atoms with Crippen LogP contribution in [0.1, 0.15) is 50.4 Å². The predicted molar refractivity (Wildman–Crippen MR) is 90.1 cm³/mol. The molecule has 1 aliphatic rings. The number of rotatable bonds is 5. The van der Waals surface area contributed by atoms with Gasteiger partial charge in [-0.05, 0) is 48.8 Å². The molecule has 4 nitrogen and oxygen atoms in total. The smallest absolute Gasteiger partial charge is 0.342 e. The number of carbonyl (C=O) groups excluding carboxylic acids is 1. The van der Waals surface area contributed by atoms with Crippen LogP contribution in [0.25, 0.3) is 0 Å². The monoisotopic (exact) mass is 320 g/mol. The first-order chi connectivity index (χ1) is 11.0. The van der Waals surface area contributed by atoms with Gasteiger partial charge in [0.2, 0.25) is 0 Å². The first-order valence-electron chi connectivity index (χ1n) is 8.39. The van der Waals surface area contributed by atoms with Crippen LogP contribution in [0.5, 0.6) is 11.5 Å². The lowest BCUT2D eigenvalue weighted by Crippen LogP contribution is -2.35. The van der Waals surface area contributed by atoms with E-state index in [2.05, 4.69) is 20.8 Å². The Bertz CT molecular complexity index is 538. The second-order valence-corrected chi connectivity index (χ2v) is 6.84. The molecule has 0 spiro atoms. The lowest BCUT2D eigenvalue weighted by Gasteiger charge is -2.36. The van der Waals surface area contributed by atoms with Crippen molar-refractivity contribution >= 4 is 5.97 Å². The second-order valence-electron chi connectivity index (χ2n) is 6.84. The molecule has 0 N–H and O–H groups in total. The van der Waals surface area contributed by atoms with Gasteiger partial charge in [0.05, 0.1) is 14.2 Å². The lowest BCUT2D eigenvalue weighted by atomic mass is 9.75. The fourth-order valence-corrected chi connectivity index (χ4v) is 3.42. The van der Waals surface area contributed by atoms with Crippen LogP contribution in [-0.2, 0) is 4.74 Å². The van der Waals surface area contributed by atoms with E-state index in [1.165, 1.54) is 6.42 Å². The second kappa shape index (κ2) is 7.71. The van der Waals surface area contributed by atoms with Gasteiger partial charge in [0.15, 0.2) is 0 Å². The summed E-state index contributed by atoms with van der Waals surface area (Å²) < 4.78 is 16.4. The van der Waals surface area contributed by atoms with Gasteiger partial charge in [-0.2, -0.15) is 0 Å². The van der Waals surface area contributed by atoms with Gasteiger partial charge in [0.1, 0.15) is 23.2 Å². The van der Waals surface area contributed by atoms with Crippen LogP contribution in [0.15, 0.2) is 18.2 Å². The average molecular weight is 320 g/mol. The summed E-state index contributed by atoms with van der Waals surface area (Å²) in [6, 6.07) is 5.19. The Morgan fingerprint density at radius 3 is 2.52 bits per heavy atom. The molecule has 0 saturated heterocycles. The van der Waals surface area contributed by atoms with Crippen molar-refractivity contribution in [1.29, 1.82) is 0 Å². The van der Waals surface area contributed by atoms with E-state index >= 15 is 0 Å². The van der Waals surface area contributed by atoms with Crippen molar-refractivity contribution in [3.8, 4) is 11.5 Å². The number of benzene rings is 1. The molecular weight excluding hydrogens is 292 g/mol. The van der Waals surface area contributed by atoms with E-state index in [-0.39, 0.29) is 12.1 Å². The molecule has 128 valence electrons. The minimum atomic E-state index is -0.328. The van der Waals surface area contributed by atoms with E-state index in [0.717, 1.165) is 12.8 Å². The zero-order valence-corrected chi connectivity index (χ0v) is 14.8. The quantitative estimate of drug-likeness (QED) is 0.758. The van der Waals surface area contributed by atoms with Crippen LogP contribution in [-0.4, -0.2) is 26.3 Å². The zero-order valence-electron chi connectivity index (χ0n) is 14.8. The van der Waals surface area contributed by atoms with E-state index in [1.54, 1.807) is 32.4 Å². The highest BCUT2D eigenvalue weighted by molar-refractivity contribution is 5.93. The van der Waals surface area contributed by atoms with Crippen molar-refractivity contribution < 1.29 is 19.0 Å². The maximum absolute atomic E-state index is 12.7. The van der Waals surface area contributed by atoms with Gasteiger partial charge in [-0.3, -0.25) is 0 Å². The van der Waals surface area contributed by atoms with Crippen LogP contribution < -0.4 is 9.47 Å². The molecule has 0 heterocycles. The van der Waals surface area contributed by atoms with Gasteiger partial charge in [-0.25, -0.2) is 4.79 Å². The minimum absolute atomic E-state index is 0.0258. The van der Waals surface area contributed by atoms with E-state index < -0.39 is 0 Å². The summed E-state index contributed by atoms with van der Waals surface area (Å²) in [5, 5.41) is 0. The highest BCUT2D eigenvalue weighted by Gasteiger charge is 2.34. The molecule has 0 aliphatic heterocycles. The van der Waals surface area contributed by atoms with Crippen LogP contribution in [0.3, 0.4) is 0 Å². The molecule has 1 saturated carbocycles. The first kappa shape index (κ1) is 17.6. The standard InChI is InChI=1S/C19H28O4/c1-12(2)15-8-6-13(3)10-18(15)23-19(20)16-11-14(21-4)7-9-17(16)22-5/h7,9,11-13,15,18H,6,8,10H2,1-5H3/t13-,15+,18-/m1/s1. The van der Waals surface area contributed by atoms with E-state index in [9.17, 15) is 4.79 Å². The summed E-state index contributed by atoms with van der Waals surface area (Å²) in [7, 11) is 3.13. The first-order valence-corrected chi connectivity index (χ1v) is 8.39. The summed E-state index contributed by atoms with van der Waals surface area (Å²) in [6.45, 7) is 6.63. The molecule has 2 rings (SSSR count). The summed E-state index contributed by atoms with van der Waals surface area (Å²) in [6.07, 6.45) is 3.23. The van der Waals surface area contributed by atoms with Crippen molar-refractivity contribution in [3.05, 3.63) is 23.8 Å². The molecule has 0 radical (unpaired) electrons. The van der Waals surface area contributed by atoms with Crippen molar-refractivity contribution in [3.63, 3.8) is 0 Å². The highest BCUT2D eigenvalue weighted by atomic mass is 16.5.